The smallest absolute Gasteiger partial charge is 0.278 e. The van der Waals surface area contributed by atoms with Crippen molar-refractivity contribution in [3.8, 4) is 11.6 Å². The molecule has 2 aliphatic rings. The van der Waals surface area contributed by atoms with E-state index in [1.165, 1.54) is 0 Å². The maximum absolute atomic E-state index is 12.8. The van der Waals surface area contributed by atoms with Gasteiger partial charge < -0.3 is 9.42 Å². The molecule has 0 bridgehead atoms. The van der Waals surface area contributed by atoms with Crippen LogP contribution in [0, 0.1) is 0 Å². The fraction of sp³-hybridized carbons (Fsp3) is 0.368. The molecule has 1 aromatic carbocycles. The Bertz CT molecular complexity index is 1040. The topological polar surface area (TPSA) is 77.1 Å². The lowest BCUT2D eigenvalue weighted by Crippen LogP contribution is -2.27. The van der Waals surface area contributed by atoms with Crippen LogP contribution in [0.3, 0.4) is 0 Å². The van der Waals surface area contributed by atoms with Crippen molar-refractivity contribution in [1.82, 2.24) is 24.8 Å². The Kier molecular flexibility index (Phi) is 3.79. The van der Waals surface area contributed by atoms with Crippen molar-refractivity contribution >= 4 is 17.5 Å². The summed E-state index contributed by atoms with van der Waals surface area (Å²) in [6.45, 7) is 1.03. The Morgan fingerprint density at radius 2 is 2.19 bits per heavy atom. The standard InChI is InChI=1S/C19H18ClN5O2/c1-24-15-10-25(16(26)8-11-3-2-4-13(20)7-11)9-14(15)17(22-24)19-21-18(23-27-19)12-5-6-12/h2-4,7,12H,5-6,8-10H2,1H3. The van der Waals surface area contributed by atoms with E-state index in [0.29, 0.717) is 42.0 Å². The number of aromatic nitrogens is 4. The maximum atomic E-state index is 12.8. The first-order valence-electron chi connectivity index (χ1n) is 8.99. The fourth-order valence-electron chi connectivity index (χ4n) is 3.51. The fourth-order valence-corrected chi connectivity index (χ4v) is 3.73. The van der Waals surface area contributed by atoms with E-state index in [-0.39, 0.29) is 5.91 Å². The number of nitrogens with zero attached hydrogens (tertiary/aromatic N) is 5. The molecule has 27 heavy (non-hydrogen) atoms. The lowest BCUT2D eigenvalue weighted by molar-refractivity contribution is -0.131. The zero-order valence-corrected chi connectivity index (χ0v) is 15.6. The van der Waals surface area contributed by atoms with Gasteiger partial charge in [-0.2, -0.15) is 10.1 Å². The highest BCUT2D eigenvalue weighted by Crippen LogP contribution is 2.39. The first-order chi connectivity index (χ1) is 13.1. The minimum Gasteiger partial charge on any atom is -0.332 e. The van der Waals surface area contributed by atoms with E-state index < -0.39 is 0 Å². The van der Waals surface area contributed by atoms with E-state index in [1.54, 1.807) is 10.7 Å². The largest absolute Gasteiger partial charge is 0.332 e. The van der Waals surface area contributed by atoms with Crippen LogP contribution in [0.5, 0.6) is 0 Å². The molecule has 7 nitrogen and oxygen atoms in total. The summed E-state index contributed by atoms with van der Waals surface area (Å²) in [5, 5.41) is 9.27. The summed E-state index contributed by atoms with van der Waals surface area (Å²) in [7, 11) is 1.88. The molecule has 0 radical (unpaired) electrons. The Labute approximate surface area is 160 Å². The van der Waals surface area contributed by atoms with E-state index in [4.69, 9.17) is 16.1 Å². The number of halogens is 1. The van der Waals surface area contributed by atoms with E-state index in [0.717, 1.165) is 35.5 Å². The normalized spacial score (nSPS) is 16.0. The van der Waals surface area contributed by atoms with Gasteiger partial charge >= 0.3 is 0 Å². The Balaban J connectivity index is 1.37. The van der Waals surface area contributed by atoms with Crippen LogP contribution in [0.1, 0.15) is 41.4 Å². The predicted molar refractivity (Wildman–Crippen MR) is 97.9 cm³/mol. The number of amides is 1. The van der Waals surface area contributed by atoms with Crippen LogP contribution in [-0.2, 0) is 31.4 Å². The van der Waals surface area contributed by atoms with Crippen LogP contribution in [0.25, 0.3) is 11.6 Å². The molecule has 3 heterocycles. The summed E-state index contributed by atoms with van der Waals surface area (Å²) in [5.74, 6) is 1.69. The molecule has 3 aromatic rings. The second-order valence-corrected chi connectivity index (χ2v) is 7.62. The minimum atomic E-state index is 0.0589. The van der Waals surface area contributed by atoms with Crippen molar-refractivity contribution in [2.45, 2.75) is 38.3 Å². The van der Waals surface area contributed by atoms with Crippen LogP contribution >= 0.6 is 11.6 Å². The number of benzene rings is 1. The molecule has 1 fully saturated rings. The molecule has 2 aromatic heterocycles. The Morgan fingerprint density at radius 1 is 1.33 bits per heavy atom. The van der Waals surface area contributed by atoms with Crippen LogP contribution in [0.4, 0.5) is 0 Å². The van der Waals surface area contributed by atoms with E-state index in [9.17, 15) is 4.79 Å². The Hall–Kier alpha value is -2.67. The van der Waals surface area contributed by atoms with Gasteiger partial charge in [0.2, 0.25) is 5.91 Å². The van der Waals surface area contributed by atoms with Gasteiger partial charge in [0.1, 0.15) is 0 Å². The van der Waals surface area contributed by atoms with Gasteiger partial charge in [-0.25, -0.2) is 0 Å². The molecule has 138 valence electrons. The summed E-state index contributed by atoms with van der Waals surface area (Å²) in [6.07, 6.45) is 2.56. The van der Waals surface area contributed by atoms with Gasteiger partial charge in [0.25, 0.3) is 5.89 Å². The second-order valence-electron chi connectivity index (χ2n) is 7.19. The van der Waals surface area contributed by atoms with Gasteiger partial charge in [-0.15, -0.1) is 0 Å². The van der Waals surface area contributed by atoms with Gasteiger partial charge in [0.15, 0.2) is 11.5 Å². The molecule has 5 rings (SSSR count). The van der Waals surface area contributed by atoms with Crippen molar-refractivity contribution < 1.29 is 9.32 Å². The highest BCUT2D eigenvalue weighted by Gasteiger charge is 2.34. The number of hydrogen-bond donors (Lipinski definition) is 0. The van der Waals surface area contributed by atoms with E-state index >= 15 is 0 Å². The van der Waals surface area contributed by atoms with Crippen LogP contribution in [0.2, 0.25) is 5.02 Å². The maximum Gasteiger partial charge on any atom is 0.278 e. The number of aryl methyl sites for hydroxylation is 1. The van der Waals surface area contributed by atoms with Crippen molar-refractivity contribution in [2.24, 2.45) is 7.05 Å². The average molecular weight is 384 g/mol. The van der Waals surface area contributed by atoms with Gasteiger partial charge in [-0.05, 0) is 30.5 Å². The van der Waals surface area contributed by atoms with Gasteiger partial charge in [0.05, 0.1) is 25.2 Å². The summed E-state index contributed by atoms with van der Waals surface area (Å²) in [6, 6.07) is 7.41. The van der Waals surface area contributed by atoms with Crippen molar-refractivity contribution in [3.05, 3.63) is 51.9 Å². The summed E-state index contributed by atoms with van der Waals surface area (Å²) < 4.78 is 7.24. The van der Waals surface area contributed by atoms with Crippen LogP contribution < -0.4 is 0 Å². The van der Waals surface area contributed by atoms with Gasteiger partial charge in [-0.3, -0.25) is 9.48 Å². The highest BCUT2D eigenvalue weighted by atomic mass is 35.5. The molecule has 1 saturated carbocycles. The molecule has 1 aliphatic heterocycles. The molecule has 0 unspecified atom stereocenters. The molecule has 0 spiro atoms. The van der Waals surface area contributed by atoms with E-state index in [2.05, 4.69) is 15.2 Å². The first kappa shape index (κ1) is 16.5. The van der Waals surface area contributed by atoms with Crippen LogP contribution in [0.15, 0.2) is 28.8 Å². The molecular weight excluding hydrogens is 366 g/mol. The zero-order chi connectivity index (χ0) is 18.5. The summed E-state index contributed by atoms with van der Waals surface area (Å²) >= 11 is 6.02. The lowest BCUT2D eigenvalue weighted by Gasteiger charge is -2.16. The SMILES string of the molecule is Cn1nc(-c2nc(C3CC3)no2)c2c1CN(C(=O)Cc1cccc(Cl)c1)C2. The third-order valence-corrected chi connectivity index (χ3v) is 5.38. The average Bonchev–Trinajstić information content (AvgIpc) is 3.09. The molecule has 0 saturated heterocycles. The van der Waals surface area contributed by atoms with Crippen molar-refractivity contribution in [1.29, 1.82) is 0 Å². The van der Waals surface area contributed by atoms with Crippen molar-refractivity contribution in [3.63, 3.8) is 0 Å². The molecule has 1 aliphatic carbocycles. The number of carbonyl (C=O) groups excluding carboxylic acids is 1. The zero-order valence-electron chi connectivity index (χ0n) is 14.9. The minimum absolute atomic E-state index is 0.0589. The lowest BCUT2D eigenvalue weighted by atomic mass is 10.1. The molecule has 8 heteroatoms. The Morgan fingerprint density at radius 3 is 2.96 bits per heavy atom. The quantitative estimate of drug-likeness (QED) is 0.691. The molecular formula is C19H18ClN5O2. The molecule has 1 amide bonds. The second kappa shape index (κ2) is 6.20. The first-order valence-corrected chi connectivity index (χ1v) is 9.37. The van der Waals surface area contributed by atoms with E-state index in [1.807, 2.05) is 30.1 Å². The van der Waals surface area contributed by atoms with Gasteiger partial charge in [-0.1, -0.05) is 28.9 Å². The third-order valence-electron chi connectivity index (χ3n) is 5.15. The summed E-state index contributed by atoms with van der Waals surface area (Å²) in [4.78, 5) is 19.1. The number of hydrogen-bond acceptors (Lipinski definition) is 5. The monoisotopic (exact) mass is 383 g/mol. The third kappa shape index (κ3) is 3.02. The highest BCUT2D eigenvalue weighted by molar-refractivity contribution is 6.30. The summed E-state index contributed by atoms with van der Waals surface area (Å²) in [5.41, 5.74) is 3.59. The number of fused-ring (bicyclic) bond motifs is 1. The van der Waals surface area contributed by atoms with Crippen molar-refractivity contribution in [2.75, 3.05) is 0 Å². The number of rotatable bonds is 4. The number of carbonyl (C=O) groups is 1. The van der Waals surface area contributed by atoms with Gasteiger partial charge in [0, 0.05) is 23.6 Å². The van der Waals surface area contributed by atoms with Crippen LogP contribution in [-0.4, -0.2) is 30.7 Å². The molecule has 0 atom stereocenters. The molecule has 0 N–H and O–H groups in total. The predicted octanol–water partition coefficient (Wildman–Crippen LogP) is 3.09.